The summed E-state index contributed by atoms with van der Waals surface area (Å²) in [6.07, 6.45) is 0.878. The molecule has 1 aliphatic carbocycles. The fourth-order valence-corrected chi connectivity index (χ4v) is 4.18. The van der Waals surface area contributed by atoms with Crippen molar-refractivity contribution in [2.45, 2.75) is 43.7 Å². The van der Waals surface area contributed by atoms with Crippen molar-refractivity contribution < 1.29 is 13.2 Å². The first-order chi connectivity index (χ1) is 13.3. The molecular formula is C21H31F3N4. The predicted octanol–water partition coefficient (Wildman–Crippen LogP) is 3.63. The predicted molar refractivity (Wildman–Crippen MR) is 107 cm³/mol. The van der Waals surface area contributed by atoms with Crippen molar-refractivity contribution in [1.82, 2.24) is 15.5 Å². The van der Waals surface area contributed by atoms with Crippen molar-refractivity contribution in [3.63, 3.8) is 0 Å². The van der Waals surface area contributed by atoms with Crippen molar-refractivity contribution in [3.05, 3.63) is 35.4 Å². The van der Waals surface area contributed by atoms with Gasteiger partial charge in [-0.05, 0) is 63.4 Å². The number of alkyl halides is 3. The summed E-state index contributed by atoms with van der Waals surface area (Å²) in [5.41, 5.74) is -0.0419. The maximum absolute atomic E-state index is 13.1. The Morgan fingerprint density at radius 2 is 1.93 bits per heavy atom. The van der Waals surface area contributed by atoms with Gasteiger partial charge in [0.05, 0.1) is 5.56 Å². The van der Waals surface area contributed by atoms with Gasteiger partial charge in [-0.15, -0.1) is 0 Å². The molecule has 1 heterocycles. The Labute approximate surface area is 165 Å². The first-order valence-electron chi connectivity index (χ1n) is 10.1. The van der Waals surface area contributed by atoms with Gasteiger partial charge >= 0.3 is 6.18 Å². The molecule has 1 aromatic rings. The van der Waals surface area contributed by atoms with Gasteiger partial charge in [0, 0.05) is 25.6 Å². The van der Waals surface area contributed by atoms with Crippen LogP contribution in [0.1, 0.15) is 43.2 Å². The van der Waals surface area contributed by atoms with Gasteiger partial charge in [-0.2, -0.15) is 13.2 Å². The van der Waals surface area contributed by atoms with E-state index in [1.807, 2.05) is 6.07 Å². The van der Waals surface area contributed by atoms with Crippen LogP contribution < -0.4 is 10.6 Å². The molecule has 2 aliphatic rings. The Bertz CT molecular complexity index is 674. The second kappa shape index (κ2) is 8.72. The molecule has 1 aromatic carbocycles. The number of nitrogens with one attached hydrogen (secondary N) is 2. The molecule has 28 heavy (non-hydrogen) atoms. The Balaban J connectivity index is 1.58. The molecule has 0 aromatic heterocycles. The van der Waals surface area contributed by atoms with E-state index in [4.69, 9.17) is 0 Å². The van der Waals surface area contributed by atoms with E-state index in [9.17, 15) is 13.2 Å². The first-order valence-corrected chi connectivity index (χ1v) is 10.1. The number of guanidine groups is 1. The van der Waals surface area contributed by atoms with Crippen LogP contribution in [0.3, 0.4) is 0 Å². The molecule has 7 heteroatoms. The zero-order valence-corrected chi connectivity index (χ0v) is 16.8. The summed E-state index contributed by atoms with van der Waals surface area (Å²) in [6.45, 7) is 3.72. The minimum absolute atomic E-state index is 0.244. The minimum atomic E-state index is -4.31. The summed E-state index contributed by atoms with van der Waals surface area (Å²) < 4.78 is 39.3. The fraction of sp³-hybridized carbons (Fsp3) is 0.667. The third-order valence-electron chi connectivity index (χ3n) is 6.33. The molecule has 0 atom stereocenters. The van der Waals surface area contributed by atoms with Crippen molar-refractivity contribution in [3.8, 4) is 0 Å². The average Bonchev–Trinajstić information content (AvgIpc) is 2.64. The number of piperidine rings is 1. The molecule has 0 amide bonds. The van der Waals surface area contributed by atoms with Crippen molar-refractivity contribution in [2.75, 3.05) is 40.3 Å². The fourth-order valence-electron chi connectivity index (χ4n) is 4.18. The molecule has 1 saturated heterocycles. The largest absolute Gasteiger partial charge is 0.416 e. The Kier molecular flexibility index (Phi) is 6.53. The average molecular weight is 397 g/mol. The SMILES string of the molecule is CN=C(NCC1CCN(C)CC1)NCC1(c2cccc(C(F)(F)F)c2)CCC1. The van der Waals surface area contributed by atoms with Crippen LogP contribution in [-0.4, -0.2) is 51.1 Å². The molecule has 156 valence electrons. The topological polar surface area (TPSA) is 39.7 Å². The van der Waals surface area contributed by atoms with Gasteiger partial charge in [0.25, 0.3) is 0 Å². The van der Waals surface area contributed by atoms with Crippen molar-refractivity contribution in [1.29, 1.82) is 0 Å². The van der Waals surface area contributed by atoms with E-state index >= 15 is 0 Å². The van der Waals surface area contributed by atoms with E-state index in [1.165, 1.54) is 25.0 Å². The highest BCUT2D eigenvalue weighted by molar-refractivity contribution is 5.79. The number of halogens is 3. The molecule has 0 radical (unpaired) electrons. The molecule has 0 spiro atoms. The van der Waals surface area contributed by atoms with Crippen LogP contribution in [0.2, 0.25) is 0 Å². The lowest BCUT2D eigenvalue weighted by atomic mass is 9.64. The molecule has 1 saturated carbocycles. The van der Waals surface area contributed by atoms with Gasteiger partial charge in [0.2, 0.25) is 0 Å². The van der Waals surface area contributed by atoms with Crippen LogP contribution in [0.25, 0.3) is 0 Å². The number of aliphatic imine (C=N–C) groups is 1. The van der Waals surface area contributed by atoms with Crippen LogP contribution in [0, 0.1) is 5.92 Å². The van der Waals surface area contributed by atoms with Crippen molar-refractivity contribution >= 4 is 5.96 Å². The third-order valence-corrected chi connectivity index (χ3v) is 6.33. The van der Waals surface area contributed by atoms with E-state index in [0.717, 1.165) is 56.5 Å². The lowest BCUT2D eigenvalue weighted by molar-refractivity contribution is -0.137. The molecule has 0 unspecified atom stereocenters. The Morgan fingerprint density at radius 1 is 1.21 bits per heavy atom. The third kappa shape index (κ3) is 4.99. The summed E-state index contributed by atoms with van der Waals surface area (Å²) in [7, 11) is 3.89. The lowest BCUT2D eigenvalue weighted by Gasteiger charge is -2.43. The maximum Gasteiger partial charge on any atom is 0.416 e. The number of benzene rings is 1. The van der Waals surface area contributed by atoms with Gasteiger partial charge in [0.1, 0.15) is 0 Å². The molecule has 0 bridgehead atoms. The second-order valence-corrected chi connectivity index (χ2v) is 8.27. The molecule has 2 fully saturated rings. The molecular weight excluding hydrogens is 365 g/mol. The summed E-state index contributed by atoms with van der Waals surface area (Å²) in [4.78, 5) is 6.65. The standard InChI is InChI=1S/C21H31F3N4/c1-25-19(26-14-16-7-11-28(2)12-8-16)27-15-20(9-4-10-20)17-5-3-6-18(13-17)21(22,23)24/h3,5-6,13,16H,4,7-12,14-15H2,1-2H3,(H2,25,26,27). The molecule has 3 rings (SSSR count). The van der Waals surface area contributed by atoms with Gasteiger partial charge < -0.3 is 15.5 Å². The van der Waals surface area contributed by atoms with Crippen LogP contribution >= 0.6 is 0 Å². The summed E-state index contributed by atoms with van der Waals surface area (Å²) in [5, 5.41) is 6.77. The summed E-state index contributed by atoms with van der Waals surface area (Å²) in [6, 6.07) is 5.80. The first kappa shape index (κ1) is 21.0. The second-order valence-electron chi connectivity index (χ2n) is 8.27. The van der Waals surface area contributed by atoms with E-state index in [2.05, 4.69) is 27.6 Å². The Hall–Kier alpha value is -1.76. The van der Waals surface area contributed by atoms with E-state index in [0.29, 0.717) is 12.5 Å². The highest BCUT2D eigenvalue weighted by atomic mass is 19.4. The highest BCUT2D eigenvalue weighted by Crippen LogP contribution is 2.44. The molecule has 2 N–H and O–H groups in total. The smallest absolute Gasteiger partial charge is 0.356 e. The lowest BCUT2D eigenvalue weighted by Crippen LogP contribution is -2.50. The van der Waals surface area contributed by atoms with Crippen LogP contribution in [-0.2, 0) is 11.6 Å². The molecule has 1 aliphatic heterocycles. The number of hydrogen-bond donors (Lipinski definition) is 2. The number of hydrogen-bond acceptors (Lipinski definition) is 2. The minimum Gasteiger partial charge on any atom is -0.356 e. The zero-order chi connectivity index (χ0) is 20.2. The summed E-state index contributed by atoms with van der Waals surface area (Å²) in [5.74, 6) is 1.37. The van der Waals surface area contributed by atoms with E-state index < -0.39 is 11.7 Å². The maximum atomic E-state index is 13.1. The monoisotopic (exact) mass is 396 g/mol. The van der Waals surface area contributed by atoms with Crippen LogP contribution in [0.15, 0.2) is 29.3 Å². The van der Waals surface area contributed by atoms with E-state index in [-0.39, 0.29) is 5.41 Å². The van der Waals surface area contributed by atoms with Crippen LogP contribution in [0.4, 0.5) is 13.2 Å². The van der Waals surface area contributed by atoms with Gasteiger partial charge in [-0.25, -0.2) is 0 Å². The van der Waals surface area contributed by atoms with Gasteiger partial charge in [0.15, 0.2) is 5.96 Å². The van der Waals surface area contributed by atoms with Crippen LogP contribution in [0.5, 0.6) is 0 Å². The zero-order valence-electron chi connectivity index (χ0n) is 16.8. The van der Waals surface area contributed by atoms with Gasteiger partial charge in [-0.1, -0.05) is 24.6 Å². The highest BCUT2D eigenvalue weighted by Gasteiger charge is 2.40. The van der Waals surface area contributed by atoms with E-state index in [1.54, 1.807) is 7.05 Å². The number of rotatable bonds is 5. The van der Waals surface area contributed by atoms with Crippen molar-refractivity contribution in [2.24, 2.45) is 10.9 Å². The molecule has 4 nitrogen and oxygen atoms in total. The summed E-state index contributed by atoms with van der Waals surface area (Å²) >= 11 is 0. The van der Waals surface area contributed by atoms with Gasteiger partial charge in [-0.3, -0.25) is 4.99 Å². The Morgan fingerprint density at radius 3 is 2.50 bits per heavy atom. The number of likely N-dealkylation sites (tertiary alicyclic amines) is 1. The number of nitrogens with zero attached hydrogens (tertiary/aromatic N) is 2. The quantitative estimate of drug-likeness (QED) is 0.590. The normalized spacial score (nSPS) is 21.2.